The van der Waals surface area contributed by atoms with Crippen LogP contribution in [-0.4, -0.2) is 61.7 Å². The van der Waals surface area contributed by atoms with Gasteiger partial charge >= 0.3 is 0 Å². The number of nitrogens with zero attached hydrogens (tertiary/aromatic N) is 6. The van der Waals surface area contributed by atoms with Gasteiger partial charge in [0.1, 0.15) is 17.2 Å². The van der Waals surface area contributed by atoms with E-state index in [1.807, 2.05) is 19.9 Å². The number of fused-ring (bicyclic) bond motifs is 1. The fourth-order valence-corrected chi connectivity index (χ4v) is 4.59. The summed E-state index contributed by atoms with van der Waals surface area (Å²) in [5.41, 5.74) is 1.65. The molecule has 8 heteroatoms. The summed E-state index contributed by atoms with van der Waals surface area (Å²) in [5.74, 6) is 1.76. The van der Waals surface area contributed by atoms with Gasteiger partial charge in [0, 0.05) is 38.8 Å². The minimum absolute atomic E-state index is 0.182. The third kappa shape index (κ3) is 3.50. The quantitative estimate of drug-likeness (QED) is 0.765. The van der Waals surface area contributed by atoms with E-state index in [1.54, 1.807) is 16.5 Å². The lowest BCUT2D eigenvalue weighted by molar-refractivity contribution is 0.0754. The Hall–Kier alpha value is -2.48. The molecule has 1 saturated heterocycles. The molecule has 0 bridgehead atoms. The maximum Gasteiger partial charge on any atom is 0.263 e. The summed E-state index contributed by atoms with van der Waals surface area (Å²) >= 11 is 0. The van der Waals surface area contributed by atoms with Crippen LogP contribution in [0.5, 0.6) is 0 Å². The summed E-state index contributed by atoms with van der Waals surface area (Å²) in [4.78, 5) is 30.1. The monoisotopic (exact) mass is 398 g/mol. The Balaban J connectivity index is 1.58. The molecule has 8 nitrogen and oxygen atoms in total. The van der Waals surface area contributed by atoms with E-state index < -0.39 is 0 Å². The minimum atomic E-state index is -0.222. The number of aryl methyl sites for hydroxylation is 2. The van der Waals surface area contributed by atoms with Gasteiger partial charge in [0.25, 0.3) is 11.5 Å². The van der Waals surface area contributed by atoms with Crippen LogP contribution in [0.4, 0.5) is 0 Å². The largest absolute Gasteiger partial charge is 0.336 e. The van der Waals surface area contributed by atoms with Crippen molar-refractivity contribution < 1.29 is 4.79 Å². The molecule has 1 amide bonds. The van der Waals surface area contributed by atoms with Crippen molar-refractivity contribution in [3.63, 3.8) is 0 Å². The number of aromatic nitrogens is 4. The van der Waals surface area contributed by atoms with E-state index in [2.05, 4.69) is 26.7 Å². The first-order valence-corrected chi connectivity index (χ1v) is 10.5. The smallest absolute Gasteiger partial charge is 0.263 e. The van der Waals surface area contributed by atoms with Crippen LogP contribution >= 0.6 is 0 Å². The highest BCUT2D eigenvalue weighted by molar-refractivity contribution is 5.95. The predicted molar refractivity (Wildman–Crippen MR) is 110 cm³/mol. The first kappa shape index (κ1) is 19.8. The second-order valence-corrected chi connectivity index (χ2v) is 8.37. The van der Waals surface area contributed by atoms with E-state index in [1.165, 1.54) is 12.8 Å². The zero-order chi connectivity index (χ0) is 20.7. The van der Waals surface area contributed by atoms with Gasteiger partial charge in [-0.1, -0.05) is 6.42 Å². The van der Waals surface area contributed by atoms with E-state index in [-0.39, 0.29) is 17.0 Å². The summed E-state index contributed by atoms with van der Waals surface area (Å²) in [7, 11) is 3.86. The van der Waals surface area contributed by atoms with E-state index >= 15 is 0 Å². The number of likely N-dealkylation sites (tertiary alicyclic amines) is 1. The zero-order valence-electron chi connectivity index (χ0n) is 17.8. The van der Waals surface area contributed by atoms with Gasteiger partial charge in [-0.05, 0) is 51.9 Å². The molecule has 0 radical (unpaired) electrons. The molecule has 1 atom stereocenters. The van der Waals surface area contributed by atoms with Crippen LogP contribution in [0.2, 0.25) is 0 Å². The van der Waals surface area contributed by atoms with Gasteiger partial charge in [0.2, 0.25) is 0 Å². The van der Waals surface area contributed by atoms with Crippen LogP contribution in [0.25, 0.3) is 0 Å². The Morgan fingerprint density at radius 2 is 1.86 bits per heavy atom. The molecule has 0 saturated carbocycles. The third-order valence-corrected chi connectivity index (χ3v) is 6.49. The lowest BCUT2D eigenvalue weighted by Gasteiger charge is -2.32. The van der Waals surface area contributed by atoms with Crippen LogP contribution in [0.1, 0.15) is 58.6 Å². The normalized spacial score (nSPS) is 20.4. The Bertz CT molecular complexity index is 992. The Morgan fingerprint density at radius 1 is 1.07 bits per heavy atom. The number of rotatable bonds is 2. The molecular formula is C21H30N6O2. The average Bonchev–Trinajstić information content (AvgIpc) is 2.97. The average molecular weight is 399 g/mol. The van der Waals surface area contributed by atoms with Crippen LogP contribution in [0.15, 0.2) is 10.9 Å². The minimum Gasteiger partial charge on any atom is -0.336 e. The summed E-state index contributed by atoms with van der Waals surface area (Å²) in [6, 6.07) is 2.19. The van der Waals surface area contributed by atoms with Crippen molar-refractivity contribution in [2.24, 2.45) is 7.05 Å². The molecule has 2 aliphatic heterocycles. The molecule has 156 valence electrons. The third-order valence-electron chi connectivity index (χ3n) is 6.49. The highest BCUT2D eigenvalue weighted by atomic mass is 16.2. The molecule has 2 aliphatic rings. The Morgan fingerprint density at radius 3 is 2.62 bits per heavy atom. The predicted octanol–water partition coefficient (Wildman–Crippen LogP) is 1.45. The van der Waals surface area contributed by atoms with Crippen LogP contribution in [0, 0.1) is 13.8 Å². The number of amides is 1. The van der Waals surface area contributed by atoms with Gasteiger partial charge in [0.05, 0.1) is 6.04 Å². The zero-order valence-corrected chi connectivity index (χ0v) is 17.8. The van der Waals surface area contributed by atoms with Crippen molar-refractivity contribution in [2.75, 3.05) is 26.7 Å². The van der Waals surface area contributed by atoms with Crippen molar-refractivity contribution in [3.8, 4) is 0 Å². The van der Waals surface area contributed by atoms with Crippen LogP contribution in [-0.2, 0) is 20.0 Å². The van der Waals surface area contributed by atoms with Gasteiger partial charge < -0.3 is 14.0 Å². The molecule has 2 aromatic rings. The number of piperidine rings is 1. The van der Waals surface area contributed by atoms with Gasteiger partial charge in [0.15, 0.2) is 0 Å². The van der Waals surface area contributed by atoms with E-state index in [9.17, 15) is 9.59 Å². The fraction of sp³-hybridized carbons (Fsp3) is 0.619. The van der Waals surface area contributed by atoms with Crippen molar-refractivity contribution in [1.82, 2.24) is 29.1 Å². The molecule has 0 aromatic carbocycles. The number of carbonyl (C=O) groups is 1. The standard InChI is InChI=1S/C21H30N6O2/c1-14-13-15(2)25(4)20(28)18(14)21(29)26-10-8-17-22-23-19(27(17)12-11-26)16-7-5-6-9-24(16)3/h13,16H,5-12H2,1-4H3. The van der Waals surface area contributed by atoms with E-state index in [0.717, 1.165) is 35.9 Å². The number of hydrogen-bond acceptors (Lipinski definition) is 5. The maximum atomic E-state index is 13.2. The Labute approximate surface area is 171 Å². The molecule has 2 aromatic heterocycles. The van der Waals surface area contributed by atoms with Gasteiger partial charge in [-0.3, -0.25) is 14.5 Å². The van der Waals surface area contributed by atoms with Crippen molar-refractivity contribution in [2.45, 2.75) is 52.1 Å². The number of pyridine rings is 1. The second-order valence-electron chi connectivity index (χ2n) is 8.37. The van der Waals surface area contributed by atoms with E-state index in [4.69, 9.17) is 0 Å². The molecule has 1 fully saturated rings. The molecular weight excluding hydrogens is 368 g/mol. The van der Waals surface area contributed by atoms with Crippen LogP contribution < -0.4 is 5.56 Å². The second kappa shape index (κ2) is 7.74. The lowest BCUT2D eigenvalue weighted by atomic mass is 10.0. The van der Waals surface area contributed by atoms with E-state index in [0.29, 0.717) is 32.1 Å². The molecule has 0 spiro atoms. The SMILES string of the molecule is Cc1cc(C)n(C)c(=O)c1C(=O)N1CCc2nnc(C3CCCCN3C)n2CC1. The van der Waals surface area contributed by atoms with Crippen molar-refractivity contribution in [1.29, 1.82) is 0 Å². The highest BCUT2D eigenvalue weighted by Gasteiger charge is 2.30. The summed E-state index contributed by atoms with van der Waals surface area (Å²) in [5, 5.41) is 8.94. The molecule has 4 rings (SSSR count). The molecule has 0 aliphatic carbocycles. The lowest BCUT2D eigenvalue weighted by Crippen LogP contribution is -2.39. The van der Waals surface area contributed by atoms with Crippen LogP contribution in [0.3, 0.4) is 0 Å². The first-order chi connectivity index (χ1) is 13.9. The first-order valence-electron chi connectivity index (χ1n) is 10.5. The molecule has 29 heavy (non-hydrogen) atoms. The summed E-state index contributed by atoms with van der Waals surface area (Å²) < 4.78 is 3.74. The van der Waals surface area contributed by atoms with Gasteiger partial charge in [-0.25, -0.2) is 0 Å². The molecule has 1 unspecified atom stereocenters. The maximum absolute atomic E-state index is 13.2. The highest BCUT2D eigenvalue weighted by Crippen LogP contribution is 2.29. The number of carbonyl (C=O) groups excluding carboxylic acids is 1. The summed E-state index contributed by atoms with van der Waals surface area (Å²) in [6.45, 7) is 6.57. The topological polar surface area (TPSA) is 76.3 Å². The van der Waals surface area contributed by atoms with Crippen molar-refractivity contribution >= 4 is 5.91 Å². The van der Waals surface area contributed by atoms with Gasteiger partial charge in [-0.2, -0.15) is 0 Å². The van der Waals surface area contributed by atoms with Crippen molar-refractivity contribution in [3.05, 3.63) is 44.9 Å². The summed E-state index contributed by atoms with van der Waals surface area (Å²) in [6.07, 6.45) is 4.18. The number of hydrogen-bond donors (Lipinski definition) is 0. The molecule has 4 heterocycles. The van der Waals surface area contributed by atoms with Gasteiger partial charge in [-0.15, -0.1) is 10.2 Å². The molecule has 0 N–H and O–H groups in total. The fourth-order valence-electron chi connectivity index (χ4n) is 4.59. The Kier molecular flexibility index (Phi) is 5.29.